The van der Waals surface area contributed by atoms with Crippen molar-refractivity contribution in [2.24, 2.45) is 27.2 Å². The summed E-state index contributed by atoms with van der Waals surface area (Å²) in [6.45, 7) is 6.11. The van der Waals surface area contributed by atoms with Crippen LogP contribution < -0.4 is 22.5 Å². The topological polar surface area (TPSA) is 189 Å². The molecule has 31 heavy (non-hydrogen) atoms. The normalized spacial score (nSPS) is 11.0. The maximum absolute atomic E-state index is 10.6. The van der Waals surface area contributed by atoms with Crippen LogP contribution in [0.5, 0.6) is 0 Å². The fourth-order valence-corrected chi connectivity index (χ4v) is 1.04. The average molecular weight is 468 g/mol. The van der Waals surface area contributed by atoms with Gasteiger partial charge in [-0.15, -0.1) is 0 Å². The quantitative estimate of drug-likeness (QED) is 0.105. The van der Waals surface area contributed by atoms with Gasteiger partial charge >= 0.3 is 24.3 Å². The fraction of sp³-hybridized carbons (Fsp3) is 0.600. The number of aliphatic carboxylic acids is 2. The van der Waals surface area contributed by atoms with Crippen LogP contribution in [0.15, 0.2) is 21.6 Å². The summed E-state index contributed by atoms with van der Waals surface area (Å²) in [5, 5.41) is 17.3. The van der Waals surface area contributed by atoms with Gasteiger partial charge < -0.3 is 32.7 Å². The number of alkyl halides is 6. The Morgan fingerprint density at radius 1 is 0.903 bits per heavy atom. The van der Waals surface area contributed by atoms with E-state index in [1.54, 1.807) is 0 Å². The average Bonchev–Trinajstić information content (AvgIpc) is 2.56. The number of rotatable bonds is 7. The smallest absolute Gasteiger partial charge is 0.475 e. The fourth-order valence-electron chi connectivity index (χ4n) is 1.04. The van der Waals surface area contributed by atoms with Crippen molar-refractivity contribution in [3.05, 3.63) is 11.6 Å². The van der Waals surface area contributed by atoms with Crippen LogP contribution in [0, 0.1) is 0 Å². The van der Waals surface area contributed by atoms with Crippen molar-refractivity contribution in [2.75, 3.05) is 19.6 Å². The second-order valence-corrected chi connectivity index (χ2v) is 5.55. The molecule has 0 spiro atoms. The molecule has 9 N–H and O–H groups in total. The van der Waals surface area contributed by atoms with Gasteiger partial charge in [0.25, 0.3) is 0 Å². The SMILES string of the molecule is CC(C)=CCN=C(N)NCCCCN=C(N)N.O=C(O)C(F)(F)F.O=C(O)C(F)(F)F. The van der Waals surface area contributed by atoms with Crippen molar-refractivity contribution in [3.63, 3.8) is 0 Å². The molecule has 0 aromatic heterocycles. The highest BCUT2D eigenvalue weighted by Gasteiger charge is 2.38. The lowest BCUT2D eigenvalue weighted by molar-refractivity contribution is -0.193. The monoisotopic (exact) mass is 468 g/mol. The number of nitrogens with zero attached hydrogens (tertiary/aromatic N) is 2. The Morgan fingerprint density at radius 3 is 1.65 bits per heavy atom. The second kappa shape index (κ2) is 16.6. The molecule has 0 atom stereocenters. The summed E-state index contributed by atoms with van der Waals surface area (Å²) < 4.78 is 63.5. The van der Waals surface area contributed by atoms with Crippen molar-refractivity contribution in [3.8, 4) is 0 Å². The number of carboxylic acids is 2. The van der Waals surface area contributed by atoms with Gasteiger partial charge in [-0.05, 0) is 26.7 Å². The van der Waals surface area contributed by atoms with E-state index in [2.05, 4.69) is 15.3 Å². The van der Waals surface area contributed by atoms with E-state index in [1.165, 1.54) is 5.57 Å². The van der Waals surface area contributed by atoms with Gasteiger partial charge in [-0.25, -0.2) is 14.6 Å². The van der Waals surface area contributed by atoms with Gasteiger partial charge in [-0.3, -0.25) is 4.99 Å². The van der Waals surface area contributed by atoms with Crippen molar-refractivity contribution in [1.82, 2.24) is 5.32 Å². The molecule has 0 saturated carbocycles. The third kappa shape index (κ3) is 29.1. The molecule has 0 aromatic rings. The van der Waals surface area contributed by atoms with Crippen LogP contribution in [0.3, 0.4) is 0 Å². The minimum Gasteiger partial charge on any atom is -0.475 e. The van der Waals surface area contributed by atoms with Gasteiger partial charge in [0.05, 0.1) is 6.54 Å². The number of nitrogens with one attached hydrogen (secondary N) is 1. The lowest BCUT2D eigenvalue weighted by Gasteiger charge is -2.04. The first kappa shape index (κ1) is 32.5. The molecule has 182 valence electrons. The number of guanidine groups is 2. The first-order valence-corrected chi connectivity index (χ1v) is 8.24. The Morgan fingerprint density at radius 2 is 1.32 bits per heavy atom. The molecule has 0 rings (SSSR count). The summed E-state index contributed by atoms with van der Waals surface area (Å²) in [7, 11) is 0. The van der Waals surface area contributed by atoms with Crippen molar-refractivity contribution in [1.29, 1.82) is 0 Å². The zero-order chi connectivity index (χ0) is 25.3. The molecule has 0 radical (unpaired) electrons. The van der Waals surface area contributed by atoms with E-state index < -0.39 is 24.3 Å². The van der Waals surface area contributed by atoms with E-state index in [1.807, 2.05) is 19.9 Å². The van der Waals surface area contributed by atoms with Crippen molar-refractivity contribution >= 4 is 23.9 Å². The molecule has 0 amide bonds. The standard InChI is InChI=1S/C11H24N6.2C2HF3O2/c1-9(2)5-8-17-11(14)16-7-4-3-6-15-10(12)13;2*3-2(4,5)1(6)7/h5H,3-4,6-8H2,1-2H3,(H4,12,13,15)(H3,14,16,17);2*(H,6,7). The number of carboxylic acid groups (broad SMARTS) is 2. The molecule has 0 aliphatic heterocycles. The maximum Gasteiger partial charge on any atom is 0.490 e. The summed E-state index contributed by atoms with van der Waals surface area (Å²) in [6.07, 6.45) is -6.27. The molecule has 0 bridgehead atoms. The maximum atomic E-state index is 10.6. The number of hydrogen-bond donors (Lipinski definition) is 6. The molecule has 0 aliphatic rings. The first-order valence-electron chi connectivity index (χ1n) is 8.24. The number of halogens is 6. The molecular weight excluding hydrogens is 442 g/mol. The Balaban J connectivity index is -0.000000460. The van der Waals surface area contributed by atoms with Crippen LogP contribution in [-0.4, -0.2) is 66.1 Å². The largest absolute Gasteiger partial charge is 0.490 e. The van der Waals surface area contributed by atoms with Gasteiger partial charge in [0.1, 0.15) is 0 Å². The van der Waals surface area contributed by atoms with E-state index in [0.29, 0.717) is 19.0 Å². The van der Waals surface area contributed by atoms with Gasteiger partial charge in [0, 0.05) is 13.1 Å². The number of unbranched alkanes of at least 4 members (excludes halogenated alkanes) is 1. The summed E-state index contributed by atoms with van der Waals surface area (Å²) >= 11 is 0. The van der Waals surface area contributed by atoms with Gasteiger partial charge in [0.15, 0.2) is 11.9 Å². The van der Waals surface area contributed by atoms with E-state index in [4.69, 9.17) is 37.0 Å². The van der Waals surface area contributed by atoms with E-state index in [0.717, 1.165) is 19.4 Å². The molecule has 0 saturated heterocycles. The van der Waals surface area contributed by atoms with Crippen LogP contribution in [0.4, 0.5) is 26.3 Å². The highest BCUT2D eigenvalue weighted by atomic mass is 19.4. The highest BCUT2D eigenvalue weighted by molar-refractivity contribution is 5.77. The van der Waals surface area contributed by atoms with E-state index in [9.17, 15) is 26.3 Å². The van der Waals surface area contributed by atoms with Crippen LogP contribution in [0.25, 0.3) is 0 Å². The molecule has 10 nitrogen and oxygen atoms in total. The predicted octanol–water partition coefficient (Wildman–Crippen LogP) is 1.18. The Bertz CT molecular complexity index is 600. The van der Waals surface area contributed by atoms with Gasteiger partial charge in [-0.1, -0.05) is 11.6 Å². The van der Waals surface area contributed by atoms with Crippen molar-refractivity contribution < 1.29 is 46.1 Å². The molecule has 0 aliphatic carbocycles. The Hall–Kier alpha value is -3.20. The van der Waals surface area contributed by atoms with Gasteiger partial charge in [-0.2, -0.15) is 26.3 Å². The van der Waals surface area contributed by atoms with Crippen LogP contribution in [0.1, 0.15) is 26.7 Å². The molecule has 0 fully saturated rings. The first-order chi connectivity index (χ1) is 13.9. The summed E-state index contributed by atoms with van der Waals surface area (Å²) in [5.41, 5.74) is 17.3. The molecule has 16 heteroatoms. The zero-order valence-electron chi connectivity index (χ0n) is 16.7. The minimum atomic E-state index is -5.08. The third-order valence-corrected chi connectivity index (χ3v) is 2.43. The predicted molar refractivity (Wildman–Crippen MR) is 101 cm³/mol. The van der Waals surface area contributed by atoms with Crippen LogP contribution >= 0.6 is 0 Å². The van der Waals surface area contributed by atoms with E-state index >= 15 is 0 Å². The number of carbonyl (C=O) groups is 2. The third-order valence-electron chi connectivity index (χ3n) is 2.43. The highest BCUT2D eigenvalue weighted by Crippen LogP contribution is 2.13. The zero-order valence-corrected chi connectivity index (χ0v) is 16.7. The number of aliphatic imine (C=N–C) groups is 2. The minimum absolute atomic E-state index is 0.140. The van der Waals surface area contributed by atoms with E-state index in [-0.39, 0.29) is 5.96 Å². The molecule has 0 heterocycles. The summed E-state index contributed by atoms with van der Waals surface area (Å²) in [5.74, 6) is -4.90. The second-order valence-electron chi connectivity index (χ2n) is 5.55. The lowest BCUT2D eigenvalue weighted by Crippen LogP contribution is -2.32. The van der Waals surface area contributed by atoms with Crippen LogP contribution in [0.2, 0.25) is 0 Å². The molecule has 0 unspecified atom stereocenters. The summed E-state index contributed by atoms with van der Waals surface area (Å²) in [6, 6.07) is 0. The Labute approximate surface area is 173 Å². The lowest BCUT2D eigenvalue weighted by atomic mass is 10.3. The number of allylic oxidation sites excluding steroid dienone is 1. The Kier molecular flexibility index (Phi) is 17.4. The molecule has 0 aromatic carbocycles. The van der Waals surface area contributed by atoms with Gasteiger partial charge in [0.2, 0.25) is 0 Å². The summed E-state index contributed by atoms with van der Waals surface area (Å²) in [4.78, 5) is 25.8. The number of hydrogen-bond acceptors (Lipinski definition) is 4. The molecular formula is C15H26F6N6O4. The van der Waals surface area contributed by atoms with Crippen LogP contribution in [-0.2, 0) is 9.59 Å². The van der Waals surface area contributed by atoms with Crippen molar-refractivity contribution in [2.45, 2.75) is 39.0 Å². The number of nitrogens with two attached hydrogens (primary N) is 3.